The number of carbonyl (C=O) groups is 1. The Morgan fingerprint density at radius 1 is 1.65 bits per heavy atom. The molecule has 0 aromatic carbocycles. The van der Waals surface area contributed by atoms with Crippen LogP contribution in [0.2, 0.25) is 0 Å². The van der Waals surface area contributed by atoms with Crippen LogP contribution < -0.4 is 5.32 Å². The molecule has 0 aliphatic carbocycles. The Morgan fingerprint density at radius 3 is 2.82 bits per heavy atom. The predicted molar refractivity (Wildman–Crippen MR) is 65.9 cm³/mol. The predicted octanol–water partition coefficient (Wildman–Crippen LogP) is 0.966. The molecule has 2 N–H and O–H groups in total. The largest absolute Gasteiger partial charge is 0.394 e. The van der Waals surface area contributed by atoms with Crippen LogP contribution in [-0.4, -0.2) is 54.5 Å². The summed E-state index contributed by atoms with van der Waals surface area (Å²) in [6.07, 6.45) is 3.08. The van der Waals surface area contributed by atoms with Crippen molar-refractivity contribution in [3.8, 4) is 0 Å². The molecule has 1 aliphatic heterocycles. The summed E-state index contributed by atoms with van der Waals surface area (Å²) in [6.45, 7) is 4.62. The molecular weight excluding hydrogens is 220 g/mol. The van der Waals surface area contributed by atoms with Gasteiger partial charge in [-0.3, -0.25) is 0 Å². The Labute approximate surface area is 103 Å². The van der Waals surface area contributed by atoms with E-state index in [9.17, 15) is 4.79 Å². The number of nitrogens with zero attached hydrogens (tertiary/aromatic N) is 1. The molecule has 0 radical (unpaired) electrons. The zero-order valence-corrected chi connectivity index (χ0v) is 11.0. The summed E-state index contributed by atoms with van der Waals surface area (Å²) in [6, 6.07) is -0.246. The van der Waals surface area contributed by atoms with Crippen molar-refractivity contribution in [2.24, 2.45) is 0 Å². The van der Waals surface area contributed by atoms with Gasteiger partial charge in [0, 0.05) is 13.7 Å². The molecule has 0 aromatic rings. The van der Waals surface area contributed by atoms with Crippen molar-refractivity contribution in [3.05, 3.63) is 0 Å². The maximum absolute atomic E-state index is 11.9. The summed E-state index contributed by atoms with van der Waals surface area (Å²) in [5.74, 6) is 0. The third-order valence-corrected chi connectivity index (χ3v) is 3.41. The minimum Gasteiger partial charge on any atom is -0.394 e. The van der Waals surface area contributed by atoms with Gasteiger partial charge in [-0.1, -0.05) is 6.92 Å². The fourth-order valence-corrected chi connectivity index (χ4v) is 1.96. The van der Waals surface area contributed by atoms with E-state index in [1.54, 1.807) is 7.05 Å². The lowest BCUT2D eigenvalue weighted by Gasteiger charge is -2.28. The summed E-state index contributed by atoms with van der Waals surface area (Å²) < 4.78 is 5.59. The van der Waals surface area contributed by atoms with Gasteiger partial charge in [-0.05, 0) is 26.2 Å². The molecular formula is C12H24N2O3. The molecule has 3 unspecified atom stereocenters. The van der Waals surface area contributed by atoms with E-state index in [0.29, 0.717) is 0 Å². The minimum absolute atomic E-state index is 0.0271. The third-order valence-electron chi connectivity index (χ3n) is 3.41. The lowest BCUT2D eigenvalue weighted by Crippen LogP contribution is -2.50. The Balaban J connectivity index is 2.46. The molecule has 5 nitrogen and oxygen atoms in total. The maximum atomic E-state index is 11.9. The van der Waals surface area contributed by atoms with E-state index in [2.05, 4.69) is 5.32 Å². The van der Waals surface area contributed by atoms with Gasteiger partial charge >= 0.3 is 6.03 Å². The highest BCUT2D eigenvalue weighted by molar-refractivity contribution is 5.74. The van der Waals surface area contributed by atoms with Crippen molar-refractivity contribution in [3.63, 3.8) is 0 Å². The number of urea groups is 1. The zero-order valence-electron chi connectivity index (χ0n) is 11.0. The van der Waals surface area contributed by atoms with Crippen LogP contribution in [0, 0.1) is 0 Å². The van der Waals surface area contributed by atoms with Crippen molar-refractivity contribution >= 4 is 6.03 Å². The molecule has 17 heavy (non-hydrogen) atoms. The quantitative estimate of drug-likeness (QED) is 0.757. The summed E-state index contributed by atoms with van der Waals surface area (Å²) in [5, 5.41) is 12.0. The number of amides is 2. The van der Waals surface area contributed by atoms with Crippen LogP contribution in [0.1, 0.15) is 33.1 Å². The second-order valence-electron chi connectivity index (χ2n) is 4.66. The van der Waals surface area contributed by atoms with E-state index in [4.69, 9.17) is 9.84 Å². The van der Waals surface area contributed by atoms with Crippen LogP contribution >= 0.6 is 0 Å². The highest BCUT2D eigenvalue weighted by Gasteiger charge is 2.27. The number of likely N-dealkylation sites (N-methyl/N-ethyl adjacent to an activating group) is 1. The average molecular weight is 244 g/mol. The highest BCUT2D eigenvalue weighted by Crippen LogP contribution is 2.17. The fraction of sp³-hybridized carbons (Fsp3) is 0.917. The van der Waals surface area contributed by atoms with Crippen molar-refractivity contribution in [2.45, 2.75) is 51.3 Å². The monoisotopic (exact) mass is 244 g/mol. The van der Waals surface area contributed by atoms with Gasteiger partial charge < -0.3 is 20.1 Å². The van der Waals surface area contributed by atoms with Gasteiger partial charge in [0.2, 0.25) is 0 Å². The molecule has 100 valence electrons. The minimum atomic E-state index is -0.169. The SMILES string of the molecule is CCC(NC(=O)N(C)C(C)CO)C1CCCO1. The molecule has 0 spiro atoms. The number of hydrogen-bond donors (Lipinski definition) is 2. The first-order chi connectivity index (χ1) is 8.10. The van der Waals surface area contributed by atoms with Gasteiger partial charge in [0.15, 0.2) is 0 Å². The normalized spacial score (nSPS) is 23.2. The molecule has 0 saturated carbocycles. The lowest BCUT2D eigenvalue weighted by atomic mass is 10.1. The summed E-state index contributed by atoms with van der Waals surface area (Å²) >= 11 is 0. The summed E-state index contributed by atoms with van der Waals surface area (Å²) in [7, 11) is 1.69. The Kier molecular flexibility index (Phi) is 5.71. The molecule has 1 fully saturated rings. The lowest BCUT2D eigenvalue weighted by molar-refractivity contribution is 0.0754. The van der Waals surface area contributed by atoms with Crippen LogP contribution in [0.4, 0.5) is 4.79 Å². The number of aliphatic hydroxyl groups excluding tert-OH is 1. The number of rotatable bonds is 5. The first-order valence-corrected chi connectivity index (χ1v) is 6.35. The summed E-state index contributed by atoms with van der Waals surface area (Å²) in [4.78, 5) is 13.4. The number of carbonyl (C=O) groups excluding carboxylic acids is 1. The zero-order chi connectivity index (χ0) is 12.8. The van der Waals surface area contributed by atoms with Crippen LogP contribution in [-0.2, 0) is 4.74 Å². The van der Waals surface area contributed by atoms with Crippen LogP contribution in [0.3, 0.4) is 0 Å². The number of aliphatic hydroxyl groups is 1. The molecule has 2 amide bonds. The number of hydrogen-bond acceptors (Lipinski definition) is 3. The van der Waals surface area contributed by atoms with Crippen LogP contribution in [0.5, 0.6) is 0 Å². The molecule has 1 saturated heterocycles. The van der Waals surface area contributed by atoms with Gasteiger partial charge in [0.25, 0.3) is 0 Å². The van der Waals surface area contributed by atoms with Gasteiger partial charge in [-0.25, -0.2) is 4.79 Å². The van der Waals surface area contributed by atoms with Crippen molar-refractivity contribution in [1.82, 2.24) is 10.2 Å². The molecule has 3 atom stereocenters. The maximum Gasteiger partial charge on any atom is 0.317 e. The van der Waals surface area contributed by atoms with E-state index in [1.807, 2.05) is 13.8 Å². The number of ether oxygens (including phenoxy) is 1. The van der Waals surface area contributed by atoms with Gasteiger partial charge in [-0.2, -0.15) is 0 Å². The standard InChI is InChI=1S/C12H24N2O3/c1-4-10(11-6-5-7-17-11)13-12(16)14(3)9(2)8-15/h9-11,15H,4-8H2,1-3H3,(H,13,16). The van der Waals surface area contributed by atoms with E-state index in [1.165, 1.54) is 4.90 Å². The Hall–Kier alpha value is -0.810. The second-order valence-corrected chi connectivity index (χ2v) is 4.66. The van der Waals surface area contributed by atoms with E-state index in [-0.39, 0.29) is 30.8 Å². The van der Waals surface area contributed by atoms with Crippen LogP contribution in [0.25, 0.3) is 0 Å². The van der Waals surface area contributed by atoms with Crippen molar-refractivity contribution in [1.29, 1.82) is 0 Å². The summed E-state index contributed by atoms with van der Waals surface area (Å²) in [5.41, 5.74) is 0. The van der Waals surface area contributed by atoms with Crippen molar-refractivity contribution < 1.29 is 14.6 Å². The van der Waals surface area contributed by atoms with Gasteiger partial charge in [0.05, 0.1) is 24.8 Å². The molecule has 1 rings (SSSR count). The smallest absolute Gasteiger partial charge is 0.317 e. The molecule has 0 bridgehead atoms. The fourth-order valence-electron chi connectivity index (χ4n) is 1.96. The van der Waals surface area contributed by atoms with Gasteiger partial charge in [0.1, 0.15) is 0 Å². The second kappa shape index (κ2) is 6.81. The van der Waals surface area contributed by atoms with Gasteiger partial charge in [-0.15, -0.1) is 0 Å². The average Bonchev–Trinajstić information content (AvgIpc) is 2.87. The number of nitrogens with one attached hydrogen (secondary N) is 1. The van der Waals surface area contributed by atoms with Crippen LogP contribution in [0.15, 0.2) is 0 Å². The molecule has 0 aromatic heterocycles. The first kappa shape index (κ1) is 14.3. The topological polar surface area (TPSA) is 61.8 Å². The molecule has 1 heterocycles. The highest BCUT2D eigenvalue weighted by atomic mass is 16.5. The molecule has 5 heteroatoms. The molecule has 1 aliphatic rings. The van der Waals surface area contributed by atoms with E-state index in [0.717, 1.165) is 25.9 Å². The Morgan fingerprint density at radius 2 is 2.35 bits per heavy atom. The Bertz CT molecular complexity index is 242. The van der Waals surface area contributed by atoms with E-state index < -0.39 is 0 Å². The first-order valence-electron chi connectivity index (χ1n) is 6.35. The van der Waals surface area contributed by atoms with Crippen molar-refractivity contribution in [2.75, 3.05) is 20.3 Å². The van der Waals surface area contributed by atoms with E-state index >= 15 is 0 Å². The third kappa shape index (κ3) is 3.85.